The molecular formula is C37H50ClN3O11. The molecule has 5 unspecified atom stereocenters. The molecule has 4 N–H and O–H groups in total. The fourth-order valence-corrected chi connectivity index (χ4v) is 5.34. The Balaban J connectivity index is 0.000000557. The van der Waals surface area contributed by atoms with Crippen LogP contribution in [-0.4, -0.2) is 71.9 Å². The fourth-order valence-electron chi connectivity index (χ4n) is 5.15. The average molecular weight is 748 g/mol. The standard InChI is InChI=1S/C27H38N2O9.C10H12ClNO2/c1-6-7-8-10-19-24(38-21(31)13-15(2)3)17(5)37-27(35)22(16(4)36-26(19)34)29-25(33)18-11-9-12-20(23(18)32)28-14-30;1-7(2)14-10(13)12-9-5-3-4-8(11)6-9/h9,11-12,14-17,19,22,24,32H,6-8,10,13H2,1-5H3,(H,28,30)(H,29,33);3-7H,1-2H3,(H,12,13). The Morgan fingerprint density at radius 3 is 2.27 bits per heavy atom. The number of hydrogen-bond acceptors (Lipinski definition) is 11. The van der Waals surface area contributed by atoms with Crippen LogP contribution in [0.1, 0.15) is 90.9 Å². The normalized spacial score (nSPS) is 20.1. The number of anilines is 2. The van der Waals surface area contributed by atoms with Crippen molar-refractivity contribution >= 4 is 59.3 Å². The first-order chi connectivity index (χ1) is 24.6. The summed E-state index contributed by atoms with van der Waals surface area (Å²) in [5.74, 6) is -4.27. The molecule has 14 nitrogen and oxygen atoms in total. The predicted molar refractivity (Wildman–Crippen MR) is 194 cm³/mol. The zero-order valence-corrected chi connectivity index (χ0v) is 31.4. The van der Waals surface area contributed by atoms with Gasteiger partial charge in [0, 0.05) is 17.1 Å². The molecule has 1 aliphatic heterocycles. The van der Waals surface area contributed by atoms with E-state index < -0.39 is 65.9 Å². The van der Waals surface area contributed by atoms with Gasteiger partial charge < -0.3 is 34.7 Å². The number of amides is 3. The van der Waals surface area contributed by atoms with Crippen LogP contribution in [-0.2, 0) is 38.1 Å². The molecule has 5 atom stereocenters. The highest BCUT2D eigenvalue weighted by Crippen LogP contribution is 2.29. The summed E-state index contributed by atoms with van der Waals surface area (Å²) < 4.78 is 21.8. The number of carbonyl (C=O) groups excluding carboxylic acids is 6. The smallest absolute Gasteiger partial charge is 0.411 e. The van der Waals surface area contributed by atoms with Crippen LogP contribution in [0.15, 0.2) is 42.5 Å². The van der Waals surface area contributed by atoms with Crippen molar-refractivity contribution in [3.8, 4) is 5.75 Å². The molecule has 2 aromatic carbocycles. The Morgan fingerprint density at radius 2 is 1.65 bits per heavy atom. The second kappa shape index (κ2) is 21.5. The largest absolute Gasteiger partial charge is 0.505 e. The summed E-state index contributed by atoms with van der Waals surface area (Å²) in [7, 11) is 0. The number of rotatable bonds is 13. The second-order valence-corrected chi connectivity index (χ2v) is 13.4. The molecule has 3 amide bonds. The number of ether oxygens (including phenoxy) is 4. The van der Waals surface area contributed by atoms with E-state index in [4.69, 9.17) is 30.5 Å². The third-order valence-corrected chi connectivity index (χ3v) is 7.88. The van der Waals surface area contributed by atoms with Crippen LogP contribution in [0.3, 0.4) is 0 Å². The lowest BCUT2D eigenvalue weighted by Gasteiger charge is -2.29. The first-order valence-electron chi connectivity index (χ1n) is 17.2. The lowest BCUT2D eigenvalue weighted by Crippen LogP contribution is -2.50. The quantitative estimate of drug-likeness (QED) is 0.0583. The van der Waals surface area contributed by atoms with Crippen LogP contribution >= 0.6 is 11.6 Å². The Labute approximate surface area is 309 Å². The fraction of sp³-hybridized carbons (Fsp3) is 0.514. The molecule has 1 heterocycles. The number of aromatic hydroxyl groups is 1. The Kier molecular flexibility index (Phi) is 17.9. The maximum Gasteiger partial charge on any atom is 0.411 e. The van der Waals surface area contributed by atoms with Gasteiger partial charge in [-0.15, -0.1) is 0 Å². The van der Waals surface area contributed by atoms with Gasteiger partial charge in [0.1, 0.15) is 12.2 Å². The Hall–Kier alpha value is -4.85. The van der Waals surface area contributed by atoms with E-state index in [1.807, 2.05) is 20.8 Å². The summed E-state index contributed by atoms with van der Waals surface area (Å²) in [4.78, 5) is 73.9. The number of esters is 3. The van der Waals surface area contributed by atoms with Crippen molar-refractivity contribution in [3.05, 3.63) is 53.1 Å². The van der Waals surface area contributed by atoms with Crippen LogP contribution in [0.25, 0.3) is 0 Å². The molecule has 2 aromatic rings. The summed E-state index contributed by atoms with van der Waals surface area (Å²) in [5, 5.41) is 18.2. The van der Waals surface area contributed by atoms with Crippen molar-refractivity contribution < 1.29 is 52.8 Å². The summed E-state index contributed by atoms with van der Waals surface area (Å²) >= 11 is 5.74. The first-order valence-corrected chi connectivity index (χ1v) is 17.6. The third-order valence-electron chi connectivity index (χ3n) is 7.65. The summed E-state index contributed by atoms with van der Waals surface area (Å²) in [6, 6.07) is 9.60. The number of unbranched alkanes of at least 4 members (excludes halogenated alkanes) is 2. The molecule has 0 radical (unpaired) electrons. The minimum Gasteiger partial charge on any atom is -0.505 e. The summed E-state index contributed by atoms with van der Waals surface area (Å²) in [6.07, 6.45) is -0.537. The average Bonchev–Trinajstić information content (AvgIpc) is 3.07. The molecule has 0 spiro atoms. The molecule has 0 aliphatic carbocycles. The van der Waals surface area contributed by atoms with Crippen molar-refractivity contribution in [2.24, 2.45) is 11.8 Å². The van der Waals surface area contributed by atoms with Gasteiger partial charge in [-0.05, 0) is 70.4 Å². The summed E-state index contributed by atoms with van der Waals surface area (Å²) in [5.41, 5.74) is 0.413. The lowest BCUT2D eigenvalue weighted by atomic mass is 9.92. The minimum absolute atomic E-state index is 0.00114. The molecule has 3 rings (SSSR count). The van der Waals surface area contributed by atoms with Crippen LogP contribution in [0.5, 0.6) is 5.75 Å². The zero-order chi connectivity index (χ0) is 39.0. The molecule has 1 fully saturated rings. The SMILES string of the molecule is CC(C)OC(=O)Nc1cccc(Cl)c1.CCCCCC1C(=O)OC(C)C(NC(=O)c2cccc(NC=O)c2O)C(=O)OC(C)C1OC(=O)CC(C)C. The number of cyclic esters (lactones) is 2. The topological polar surface area (TPSA) is 196 Å². The van der Waals surface area contributed by atoms with Crippen LogP contribution in [0.2, 0.25) is 5.02 Å². The van der Waals surface area contributed by atoms with Crippen molar-refractivity contribution in [2.45, 2.75) is 111 Å². The monoisotopic (exact) mass is 747 g/mol. The van der Waals surface area contributed by atoms with E-state index in [0.717, 1.165) is 12.8 Å². The van der Waals surface area contributed by atoms with E-state index in [-0.39, 0.29) is 29.7 Å². The number of halogens is 1. The van der Waals surface area contributed by atoms with Crippen molar-refractivity contribution in [2.75, 3.05) is 10.6 Å². The van der Waals surface area contributed by atoms with Gasteiger partial charge in [0.15, 0.2) is 17.9 Å². The molecule has 0 saturated carbocycles. The number of para-hydroxylation sites is 1. The maximum absolute atomic E-state index is 13.3. The molecule has 15 heteroatoms. The predicted octanol–water partition coefficient (Wildman–Crippen LogP) is 6.39. The lowest BCUT2D eigenvalue weighted by molar-refractivity contribution is -0.175. The van der Waals surface area contributed by atoms with Gasteiger partial charge in [-0.2, -0.15) is 0 Å². The molecule has 1 saturated heterocycles. The molecule has 0 aromatic heterocycles. The summed E-state index contributed by atoms with van der Waals surface area (Å²) in [6.45, 7) is 12.3. The van der Waals surface area contributed by atoms with E-state index in [2.05, 4.69) is 16.0 Å². The van der Waals surface area contributed by atoms with Crippen LogP contribution in [0.4, 0.5) is 16.2 Å². The van der Waals surface area contributed by atoms with Gasteiger partial charge in [0.05, 0.1) is 23.3 Å². The highest BCUT2D eigenvalue weighted by atomic mass is 35.5. The Morgan fingerprint density at radius 1 is 0.981 bits per heavy atom. The van der Waals surface area contributed by atoms with Gasteiger partial charge in [-0.3, -0.25) is 24.5 Å². The van der Waals surface area contributed by atoms with Crippen molar-refractivity contribution in [3.63, 3.8) is 0 Å². The van der Waals surface area contributed by atoms with Gasteiger partial charge in [-0.1, -0.05) is 63.8 Å². The Bertz CT molecular complexity index is 1530. The number of carbonyl (C=O) groups is 6. The molecule has 0 bridgehead atoms. The van der Waals surface area contributed by atoms with E-state index in [9.17, 15) is 33.9 Å². The van der Waals surface area contributed by atoms with E-state index >= 15 is 0 Å². The van der Waals surface area contributed by atoms with E-state index in [1.165, 1.54) is 32.0 Å². The van der Waals surface area contributed by atoms with Crippen LogP contribution in [0, 0.1) is 11.8 Å². The highest BCUT2D eigenvalue weighted by molar-refractivity contribution is 6.30. The van der Waals surface area contributed by atoms with E-state index in [1.54, 1.807) is 38.1 Å². The first kappa shape index (κ1) is 43.3. The second-order valence-electron chi connectivity index (χ2n) is 12.9. The molecule has 1 aliphatic rings. The number of nitrogens with one attached hydrogen (secondary N) is 3. The van der Waals surface area contributed by atoms with Crippen molar-refractivity contribution in [1.82, 2.24) is 5.32 Å². The van der Waals surface area contributed by atoms with Gasteiger partial charge in [-0.25, -0.2) is 9.59 Å². The van der Waals surface area contributed by atoms with Gasteiger partial charge in [0.25, 0.3) is 5.91 Å². The molecule has 52 heavy (non-hydrogen) atoms. The van der Waals surface area contributed by atoms with Crippen LogP contribution < -0.4 is 16.0 Å². The number of phenolic OH excluding ortho intramolecular Hbond substituents is 1. The number of phenols is 1. The number of hydrogen-bond donors (Lipinski definition) is 4. The zero-order valence-electron chi connectivity index (χ0n) is 30.6. The molecular weight excluding hydrogens is 698 g/mol. The van der Waals surface area contributed by atoms with Crippen molar-refractivity contribution in [1.29, 1.82) is 0 Å². The highest BCUT2D eigenvalue weighted by Gasteiger charge is 2.44. The number of benzene rings is 2. The van der Waals surface area contributed by atoms with Gasteiger partial charge >= 0.3 is 24.0 Å². The van der Waals surface area contributed by atoms with E-state index in [0.29, 0.717) is 30.0 Å². The minimum atomic E-state index is -1.42. The maximum atomic E-state index is 13.3. The third kappa shape index (κ3) is 14.0. The van der Waals surface area contributed by atoms with Gasteiger partial charge in [0.2, 0.25) is 6.41 Å². The molecule has 286 valence electrons.